The molecule has 4 heterocycles. The number of para-hydroxylation sites is 1. The van der Waals surface area contributed by atoms with Gasteiger partial charge in [0.25, 0.3) is 0 Å². The Labute approximate surface area is 232 Å². The highest BCUT2D eigenvalue weighted by atomic mass is 32.3. The molecule has 204 valence electrons. The van der Waals surface area contributed by atoms with E-state index in [1.165, 1.54) is 6.08 Å². The van der Waals surface area contributed by atoms with Crippen LogP contribution in [-0.4, -0.2) is 39.1 Å². The summed E-state index contributed by atoms with van der Waals surface area (Å²) in [6.07, 6.45) is 4.23. The maximum Gasteiger partial charge on any atom is 0.345 e. The molecule has 9 nitrogen and oxygen atoms in total. The van der Waals surface area contributed by atoms with E-state index in [2.05, 4.69) is 27.2 Å². The fourth-order valence-corrected chi connectivity index (χ4v) is 9.69. The van der Waals surface area contributed by atoms with Gasteiger partial charge in [-0.15, -0.1) is 0 Å². The van der Waals surface area contributed by atoms with Gasteiger partial charge < -0.3 is 20.4 Å². The smallest absolute Gasteiger partial charge is 0.345 e. The zero-order valence-corrected chi connectivity index (χ0v) is 22.8. The van der Waals surface area contributed by atoms with Crippen LogP contribution in [0.3, 0.4) is 0 Å². The maximum absolute atomic E-state index is 14.2. The van der Waals surface area contributed by atoms with Crippen LogP contribution >= 0.6 is 10.0 Å². The summed E-state index contributed by atoms with van der Waals surface area (Å²) in [6.45, 7) is 7.23. The van der Waals surface area contributed by atoms with Gasteiger partial charge in [0.15, 0.2) is 0 Å². The average Bonchev–Trinajstić information content (AvgIpc) is 3.24. The lowest BCUT2D eigenvalue weighted by Crippen LogP contribution is -2.41. The van der Waals surface area contributed by atoms with E-state index in [9.17, 15) is 14.4 Å². The van der Waals surface area contributed by atoms with Crippen LogP contribution in [0.15, 0.2) is 88.2 Å². The minimum absolute atomic E-state index is 0.152. The van der Waals surface area contributed by atoms with Gasteiger partial charge in [-0.1, -0.05) is 34.8 Å². The van der Waals surface area contributed by atoms with Crippen molar-refractivity contribution in [2.24, 2.45) is 5.92 Å². The molecule has 1 saturated heterocycles. The molecule has 2 aliphatic heterocycles. The zero-order chi connectivity index (χ0) is 27.9. The number of pyridine rings is 1. The molecule has 0 spiro atoms. The fraction of sp³-hybridized carbons (Fsp3) is 0.233. The Morgan fingerprint density at radius 3 is 2.60 bits per heavy atom. The van der Waals surface area contributed by atoms with Gasteiger partial charge in [-0.2, -0.15) is 4.98 Å². The lowest BCUT2D eigenvalue weighted by molar-refractivity contribution is -0.126. The van der Waals surface area contributed by atoms with Crippen molar-refractivity contribution in [3.05, 3.63) is 95.2 Å². The van der Waals surface area contributed by atoms with Crippen LogP contribution in [-0.2, 0) is 9.59 Å². The molecule has 2 aliphatic rings. The van der Waals surface area contributed by atoms with Gasteiger partial charge >= 0.3 is 5.69 Å². The van der Waals surface area contributed by atoms with Gasteiger partial charge in [0, 0.05) is 17.0 Å². The number of hydrogen-bond acceptors (Lipinski definition) is 7. The van der Waals surface area contributed by atoms with E-state index >= 15 is 0 Å². The summed E-state index contributed by atoms with van der Waals surface area (Å²) in [5.41, 5.74) is 1.12. The third kappa shape index (κ3) is 4.20. The van der Waals surface area contributed by atoms with E-state index in [4.69, 9.17) is 9.72 Å². The van der Waals surface area contributed by atoms with Crippen molar-refractivity contribution in [1.82, 2.24) is 25.6 Å². The molecule has 40 heavy (non-hydrogen) atoms. The summed E-state index contributed by atoms with van der Waals surface area (Å²) in [5, 5.41) is 6.47. The molecular weight excluding hydrogens is 526 g/mol. The third-order valence-corrected chi connectivity index (χ3v) is 11.4. The minimum atomic E-state index is -2.77. The first-order valence-electron chi connectivity index (χ1n) is 13.2. The molecular formula is C30H29N5O4S. The Balaban J connectivity index is 1.54. The molecule has 10 heteroatoms. The normalized spacial score (nSPS) is 21.9. The first-order chi connectivity index (χ1) is 19.4. The molecule has 2 atom stereocenters. The summed E-state index contributed by atoms with van der Waals surface area (Å²) < 4.78 is 6.06. The van der Waals surface area contributed by atoms with Gasteiger partial charge in [0.05, 0.1) is 16.6 Å². The lowest BCUT2D eigenvalue weighted by Gasteiger charge is -2.41. The van der Waals surface area contributed by atoms with Crippen molar-refractivity contribution in [3.63, 3.8) is 0 Å². The first-order valence-corrected chi connectivity index (χ1v) is 14.9. The van der Waals surface area contributed by atoms with Crippen molar-refractivity contribution in [1.29, 1.82) is 0 Å². The minimum Gasteiger partial charge on any atom is -0.457 e. The number of rotatable bonds is 6. The largest absolute Gasteiger partial charge is 0.457 e. The van der Waals surface area contributed by atoms with Gasteiger partial charge in [-0.3, -0.25) is 9.59 Å². The Hall–Kier alpha value is -4.28. The van der Waals surface area contributed by atoms with Crippen molar-refractivity contribution < 1.29 is 14.3 Å². The number of carbonyl (C=O) groups is 2. The van der Waals surface area contributed by atoms with Crippen LogP contribution in [0.2, 0.25) is 0 Å². The lowest BCUT2D eigenvalue weighted by atomic mass is 9.97. The molecule has 4 aromatic rings. The topological polar surface area (TPSA) is 126 Å². The summed E-state index contributed by atoms with van der Waals surface area (Å²) in [5.74, 6) is 0.940. The van der Waals surface area contributed by atoms with E-state index in [-0.39, 0.29) is 16.9 Å². The highest BCUT2D eigenvalue weighted by Crippen LogP contribution is 2.76. The van der Waals surface area contributed by atoms with E-state index in [1.807, 2.05) is 55.5 Å². The van der Waals surface area contributed by atoms with Crippen molar-refractivity contribution in [2.45, 2.75) is 35.1 Å². The number of benzene rings is 2. The second-order valence-corrected chi connectivity index (χ2v) is 12.9. The number of nitrogens with zero attached hydrogens (tertiary/aromatic N) is 2. The van der Waals surface area contributed by atoms with Gasteiger partial charge in [0.2, 0.25) is 11.0 Å². The number of hydrogen-bond donors (Lipinski definition) is 3. The van der Waals surface area contributed by atoms with E-state index in [0.717, 1.165) is 18.7 Å². The monoisotopic (exact) mass is 555 g/mol. The fourth-order valence-electron chi connectivity index (χ4n) is 5.67. The SMILES string of the molecule is C=CC(=O)S1(c2ccc(Oc3ccccc3)cc2C)c2nccc3nc(=O)[nH]c(c23)C1NC(=O)C1CCNCC1. The standard InChI is InChI=1S/C30H29N5O4S/c1-3-24(36)40(23-10-9-21(17-18(23)2)39-20-7-5-4-6-8-20)28-25-22(13-16-32-28)33-30(38)34-26(25)29(40)35-27(37)19-11-14-31-15-12-19/h3-10,13,16-17,19,29,31H,1,11-12,14-15H2,2H3,(H,35,37)(H,33,34,38). The van der Waals surface area contributed by atoms with E-state index in [0.29, 0.717) is 50.9 Å². The molecule has 1 amide bonds. The summed E-state index contributed by atoms with van der Waals surface area (Å²) in [4.78, 5) is 53.0. The second-order valence-electron chi connectivity index (χ2n) is 9.90. The molecule has 2 aromatic heterocycles. The van der Waals surface area contributed by atoms with Gasteiger partial charge in [0.1, 0.15) is 21.9 Å². The first kappa shape index (κ1) is 26.0. The molecule has 0 bridgehead atoms. The Morgan fingerprint density at radius 1 is 1.10 bits per heavy atom. The Bertz CT molecular complexity index is 1700. The molecule has 3 N–H and O–H groups in total. The molecule has 2 unspecified atom stereocenters. The molecule has 2 aromatic carbocycles. The van der Waals surface area contributed by atoms with Crippen LogP contribution in [0.4, 0.5) is 0 Å². The average molecular weight is 556 g/mol. The second kappa shape index (κ2) is 10.4. The molecule has 1 fully saturated rings. The van der Waals surface area contributed by atoms with Crippen LogP contribution in [0.25, 0.3) is 10.9 Å². The predicted molar refractivity (Wildman–Crippen MR) is 154 cm³/mol. The van der Waals surface area contributed by atoms with Crippen LogP contribution in [0.1, 0.15) is 29.5 Å². The number of aromatic nitrogens is 3. The number of piperidine rings is 1. The Morgan fingerprint density at radius 2 is 1.88 bits per heavy atom. The zero-order valence-electron chi connectivity index (χ0n) is 22.0. The molecule has 0 saturated carbocycles. The van der Waals surface area contributed by atoms with Crippen molar-refractivity contribution in [3.8, 4) is 11.5 Å². The number of nitrogens with one attached hydrogen (secondary N) is 3. The van der Waals surface area contributed by atoms with Gasteiger partial charge in [-0.05, 0) is 80.9 Å². The predicted octanol–water partition coefficient (Wildman–Crippen LogP) is 4.48. The quantitative estimate of drug-likeness (QED) is 0.300. The highest BCUT2D eigenvalue weighted by Gasteiger charge is 2.53. The number of H-pyrrole nitrogens is 1. The maximum atomic E-state index is 14.2. The number of amides is 1. The van der Waals surface area contributed by atoms with Crippen LogP contribution < -0.4 is 21.1 Å². The third-order valence-electron chi connectivity index (χ3n) is 7.49. The van der Waals surface area contributed by atoms with Crippen molar-refractivity contribution in [2.75, 3.05) is 13.1 Å². The summed E-state index contributed by atoms with van der Waals surface area (Å²) in [7, 11) is -2.77. The van der Waals surface area contributed by atoms with Crippen LogP contribution in [0.5, 0.6) is 11.5 Å². The van der Waals surface area contributed by atoms with E-state index in [1.54, 1.807) is 12.3 Å². The van der Waals surface area contributed by atoms with E-state index < -0.39 is 21.1 Å². The number of aromatic amines is 1. The summed E-state index contributed by atoms with van der Waals surface area (Å²) in [6, 6.07) is 16.6. The van der Waals surface area contributed by atoms with Gasteiger partial charge in [-0.25, -0.2) is 9.78 Å². The highest BCUT2D eigenvalue weighted by molar-refractivity contribution is 8.46. The number of carbonyl (C=O) groups excluding carboxylic acids is 2. The molecule has 0 radical (unpaired) electrons. The molecule has 0 aliphatic carbocycles. The Kier molecular flexibility index (Phi) is 6.73. The van der Waals surface area contributed by atoms with Crippen LogP contribution in [0, 0.1) is 12.8 Å². The number of aryl methyl sites for hydroxylation is 1. The molecule has 6 rings (SSSR count). The number of ether oxygens (including phenoxy) is 1. The van der Waals surface area contributed by atoms with Crippen molar-refractivity contribution >= 4 is 32.0 Å². The summed E-state index contributed by atoms with van der Waals surface area (Å²) >= 11 is 0.